The first-order valence-electron chi connectivity index (χ1n) is 4.89. The Kier molecular flexibility index (Phi) is 4.28. The fraction of sp³-hybridized carbons (Fsp3) is 0.300. The topological polar surface area (TPSA) is 92.5 Å². The second-order valence-corrected chi connectivity index (χ2v) is 3.77. The maximum Gasteiger partial charge on any atom is 0.326 e. The van der Waals surface area contributed by atoms with Gasteiger partial charge in [0, 0.05) is 12.1 Å². The van der Waals surface area contributed by atoms with E-state index in [0.717, 1.165) is 0 Å². The Balaban J connectivity index is 3.00. The molecule has 92 valence electrons. The summed E-state index contributed by atoms with van der Waals surface area (Å²) in [6.07, 6.45) is 0.342. The highest BCUT2D eigenvalue weighted by atomic mass is 35.5. The van der Waals surface area contributed by atoms with Gasteiger partial charge in [-0.15, -0.1) is 0 Å². The molecule has 1 aromatic carbocycles. The molecule has 0 aliphatic rings. The van der Waals surface area contributed by atoms with E-state index in [-0.39, 0.29) is 16.4 Å². The summed E-state index contributed by atoms with van der Waals surface area (Å²) in [5, 5.41) is 22.3. The molecule has 1 unspecified atom stereocenters. The molecule has 0 bridgehead atoms. The summed E-state index contributed by atoms with van der Waals surface area (Å²) < 4.78 is 0. The Labute approximate surface area is 102 Å². The Morgan fingerprint density at radius 1 is 1.65 bits per heavy atom. The van der Waals surface area contributed by atoms with Crippen LogP contribution in [0.1, 0.15) is 13.3 Å². The van der Waals surface area contributed by atoms with Crippen LogP contribution in [0.5, 0.6) is 0 Å². The number of rotatable bonds is 5. The molecule has 0 fully saturated rings. The Morgan fingerprint density at radius 2 is 2.29 bits per heavy atom. The fourth-order valence-corrected chi connectivity index (χ4v) is 1.44. The number of aliphatic carboxylic acids is 1. The number of nitrogens with one attached hydrogen (secondary N) is 1. The van der Waals surface area contributed by atoms with Crippen LogP contribution in [0.3, 0.4) is 0 Å². The molecule has 0 radical (unpaired) electrons. The molecular formula is C10H11ClN2O4. The van der Waals surface area contributed by atoms with Gasteiger partial charge in [-0.2, -0.15) is 0 Å². The first-order chi connectivity index (χ1) is 7.95. The summed E-state index contributed by atoms with van der Waals surface area (Å²) >= 11 is 5.83. The van der Waals surface area contributed by atoms with Crippen molar-refractivity contribution in [2.45, 2.75) is 19.4 Å². The van der Waals surface area contributed by atoms with Gasteiger partial charge >= 0.3 is 5.97 Å². The largest absolute Gasteiger partial charge is 0.480 e. The van der Waals surface area contributed by atoms with Crippen molar-refractivity contribution >= 4 is 28.9 Å². The number of nitrogens with zero attached hydrogens (tertiary/aromatic N) is 1. The minimum Gasteiger partial charge on any atom is -0.480 e. The number of hydrogen-bond donors (Lipinski definition) is 2. The SMILES string of the molecule is CCC(Nc1cc([N+](=O)[O-])ccc1Cl)C(=O)O. The molecule has 2 N–H and O–H groups in total. The van der Waals surface area contributed by atoms with Gasteiger partial charge in [-0.3, -0.25) is 10.1 Å². The highest BCUT2D eigenvalue weighted by Gasteiger charge is 2.17. The molecule has 1 aromatic rings. The molecule has 0 amide bonds. The maximum absolute atomic E-state index is 10.8. The number of halogens is 1. The standard InChI is InChI=1S/C10H11ClN2O4/c1-2-8(10(14)15)12-9-5-6(13(16)17)3-4-7(9)11/h3-5,8,12H,2H2,1H3,(H,14,15). The minimum atomic E-state index is -1.03. The molecule has 0 heterocycles. The average molecular weight is 259 g/mol. The third-order valence-electron chi connectivity index (χ3n) is 2.20. The molecule has 0 spiro atoms. The van der Waals surface area contributed by atoms with E-state index in [0.29, 0.717) is 6.42 Å². The molecular weight excluding hydrogens is 248 g/mol. The van der Waals surface area contributed by atoms with Gasteiger partial charge in [-0.1, -0.05) is 18.5 Å². The van der Waals surface area contributed by atoms with Crippen LogP contribution in [-0.2, 0) is 4.79 Å². The smallest absolute Gasteiger partial charge is 0.326 e. The maximum atomic E-state index is 10.8. The Hall–Kier alpha value is -1.82. The fourth-order valence-electron chi connectivity index (χ4n) is 1.26. The normalized spacial score (nSPS) is 11.9. The monoisotopic (exact) mass is 258 g/mol. The summed E-state index contributed by atoms with van der Waals surface area (Å²) in [6, 6.07) is 3.01. The number of carbonyl (C=O) groups is 1. The van der Waals surface area contributed by atoms with Crippen molar-refractivity contribution in [1.29, 1.82) is 0 Å². The zero-order valence-electron chi connectivity index (χ0n) is 9.01. The lowest BCUT2D eigenvalue weighted by molar-refractivity contribution is -0.384. The molecule has 7 heteroatoms. The highest BCUT2D eigenvalue weighted by Crippen LogP contribution is 2.27. The van der Waals surface area contributed by atoms with Crippen molar-refractivity contribution in [2.24, 2.45) is 0 Å². The number of anilines is 1. The third kappa shape index (κ3) is 3.32. The molecule has 0 aliphatic carbocycles. The lowest BCUT2D eigenvalue weighted by Crippen LogP contribution is -2.28. The molecule has 6 nitrogen and oxygen atoms in total. The average Bonchev–Trinajstić information content (AvgIpc) is 2.27. The first-order valence-corrected chi connectivity index (χ1v) is 5.26. The zero-order chi connectivity index (χ0) is 13.0. The molecule has 17 heavy (non-hydrogen) atoms. The number of carboxylic acid groups (broad SMARTS) is 1. The van der Waals surface area contributed by atoms with E-state index in [1.54, 1.807) is 6.92 Å². The molecule has 0 saturated carbocycles. The van der Waals surface area contributed by atoms with Gasteiger partial charge in [0.1, 0.15) is 6.04 Å². The molecule has 1 rings (SSSR count). The summed E-state index contributed by atoms with van der Waals surface area (Å²) in [5.74, 6) is -1.03. The quantitative estimate of drug-likeness (QED) is 0.625. The number of benzene rings is 1. The van der Waals surface area contributed by atoms with Gasteiger partial charge in [0.05, 0.1) is 15.6 Å². The van der Waals surface area contributed by atoms with Gasteiger partial charge < -0.3 is 10.4 Å². The van der Waals surface area contributed by atoms with E-state index in [2.05, 4.69) is 5.32 Å². The summed E-state index contributed by atoms with van der Waals surface area (Å²) in [5.41, 5.74) is 0.104. The van der Waals surface area contributed by atoms with Gasteiger partial charge in [-0.05, 0) is 12.5 Å². The predicted molar refractivity (Wildman–Crippen MR) is 63.4 cm³/mol. The number of nitro groups is 1. The van der Waals surface area contributed by atoms with Gasteiger partial charge in [0.15, 0.2) is 0 Å². The lowest BCUT2D eigenvalue weighted by Gasteiger charge is -2.14. The van der Waals surface area contributed by atoms with Gasteiger partial charge in [0.2, 0.25) is 0 Å². The second kappa shape index (κ2) is 5.49. The van der Waals surface area contributed by atoms with E-state index in [4.69, 9.17) is 16.7 Å². The molecule has 0 saturated heterocycles. The molecule has 1 atom stereocenters. The number of nitro benzene ring substituents is 1. The van der Waals surface area contributed by atoms with Crippen LogP contribution >= 0.6 is 11.6 Å². The Morgan fingerprint density at radius 3 is 2.76 bits per heavy atom. The van der Waals surface area contributed by atoms with Crippen molar-refractivity contribution < 1.29 is 14.8 Å². The lowest BCUT2D eigenvalue weighted by atomic mass is 10.2. The number of hydrogen-bond acceptors (Lipinski definition) is 4. The number of carboxylic acids is 1. The van der Waals surface area contributed by atoms with Crippen LogP contribution in [0, 0.1) is 10.1 Å². The zero-order valence-corrected chi connectivity index (χ0v) is 9.77. The van der Waals surface area contributed by atoms with E-state index in [9.17, 15) is 14.9 Å². The van der Waals surface area contributed by atoms with Crippen LogP contribution in [0.4, 0.5) is 11.4 Å². The second-order valence-electron chi connectivity index (χ2n) is 3.36. The van der Waals surface area contributed by atoms with E-state index >= 15 is 0 Å². The van der Waals surface area contributed by atoms with Crippen molar-refractivity contribution in [1.82, 2.24) is 0 Å². The molecule has 0 aliphatic heterocycles. The Bertz CT molecular complexity index is 450. The third-order valence-corrected chi connectivity index (χ3v) is 2.53. The van der Waals surface area contributed by atoms with E-state index in [1.165, 1.54) is 18.2 Å². The highest BCUT2D eigenvalue weighted by molar-refractivity contribution is 6.33. The van der Waals surface area contributed by atoms with Crippen LogP contribution in [0.2, 0.25) is 5.02 Å². The first kappa shape index (κ1) is 13.2. The van der Waals surface area contributed by atoms with Crippen molar-refractivity contribution in [3.05, 3.63) is 33.3 Å². The summed E-state index contributed by atoms with van der Waals surface area (Å²) in [7, 11) is 0. The summed E-state index contributed by atoms with van der Waals surface area (Å²) in [4.78, 5) is 20.8. The predicted octanol–water partition coefficient (Wildman–Crippen LogP) is 2.52. The van der Waals surface area contributed by atoms with E-state index < -0.39 is 16.9 Å². The van der Waals surface area contributed by atoms with Crippen molar-refractivity contribution in [3.8, 4) is 0 Å². The number of non-ortho nitro benzene ring substituents is 1. The van der Waals surface area contributed by atoms with Gasteiger partial charge in [-0.25, -0.2) is 4.79 Å². The minimum absolute atomic E-state index is 0.142. The van der Waals surface area contributed by atoms with Crippen LogP contribution in [0.15, 0.2) is 18.2 Å². The van der Waals surface area contributed by atoms with Crippen LogP contribution < -0.4 is 5.32 Å². The molecule has 0 aromatic heterocycles. The van der Waals surface area contributed by atoms with E-state index in [1.807, 2.05) is 0 Å². The van der Waals surface area contributed by atoms with Crippen LogP contribution in [0.25, 0.3) is 0 Å². The van der Waals surface area contributed by atoms with Crippen molar-refractivity contribution in [3.63, 3.8) is 0 Å². The summed E-state index contributed by atoms with van der Waals surface area (Å²) in [6.45, 7) is 1.69. The van der Waals surface area contributed by atoms with Crippen molar-refractivity contribution in [2.75, 3.05) is 5.32 Å². The van der Waals surface area contributed by atoms with Gasteiger partial charge in [0.25, 0.3) is 5.69 Å². The van der Waals surface area contributed by atoms with Crippen LogP contribution in [-0.4, -0.2) is 22.0 Å².